The Kier molecular flexibility index (Phi) is 6.59. The second-order valence-corrected chi connectivity index (χ2v) is 8.77. The molecule has 1 fully saturated rings. The maximum absolute atomic E-state index is 13.0. The van der Waals surface area contributed by atoms with Crippen LogP contribution in [0.3, 0.4) is 0 Å². The van der Waals surface area contributed by atoms with Gasteiger partial charge in [-0.2, -0.15) is 0 Å². The van der Waals surface area contributed by atoms with Gasteiger partial charge >= 0.3 is 5.63 Å². The van der Waals surface area contributed by atoms with Gasteiger partial charge in [0, 0.05) is 23.7 Å². The number of phenols is 2. The minimum Gasteiger partial charge on any atom is -0.508 e. The number of aromatic hydroxyl groups is 2. The molecule has 0 bridgehead atoms. The van der Waals surface area contributed by atoms with Gasteiger partial charge in [-0.25, -0.2) is 4.79 Å². The third-order valence-electron chi connectivity index (χ3n) is 6.30. The van der Waals surface area contributed by atoms with Gasteiger partial charge in [0.25, 0.3) is 0 Å². The standard InChI is InChI=1S/C28H28N2O5/c31-21-8-4-19(5-9-21)26-27(24-13-10-22(32)18-25(24)35-28(26)33)29-20-6-11-23(12-7-20)34-17-16-30-14-2-1-3-15-30/h4-13,18,29,31-32H,1-3,14-17H2. The number of fused-ring (bicyclic) bond motifs is 1. The van der Waals surface area contributed by atoms with Crippen molar-refractivity contribution in [2.24, 2.45) is 0 Å². The van der Waals surface area contributed by atoms with Crippen LogP contribution in [0.4, 0.5) is 11.4 Å². The summed E-state index contributed by atoms with van der Waals surface area (Å²) in [7, 11) is 0. The first kappa shape index (κ1) is 22.8. The summed E-state index contributed by atoms with van der Waals surface area (Å²) in [6.07, 6.45) is 3.84. The van der Waals surface area contributed by atoms with E-state index in [1.807, 2.05) is 24.3 Å². The zero-order valence-corrected chi connectivity index (χ0v) is 19.4. The topological polar surface area (TPSA) is 95.2 Å². The predicted molar refractivity (Wildman–Crippen MR) is 137 cm³/mol. The summed E-state index contributed by atoms with van der Waals surface area (Å²) in [5, 5.41) is 23.6. The first-order chi connectivity index (χ1) is 17.1. The van der Waals surface area contributed by atoms with Crippen molar-refractivity contribution in [3.05, 3.63) is 77.2 Å². The van der Waals surface area contributed by atoms with E-state index in [9.17, 15) is 15.0 Å². The maximum Gasteiger partial charge on any atom is 0.346 e. The molecule has 7 heteroatoms. The lowest BCUT2D eigenvalue weighted by Crippen LogP contribution is -2.33. The minimum absolute atomic E-state index is 0.00929. The van der Waals surface area contributed by atoms with Crippen molar-refractivity contribution in [2.75, 3.05) is 31.6 Å². The van der Waals surface area contributed by atoms with Crippen LogP contribution >= 0.6 is 0 Å². The number of hydrogen-bond acceptors (Lipinski definition) is 7. The molecule has 0 spiro atoms. The number of anilines is 2. The van der Waals surface area contributed by atoms with Crippen LogP contribution < -0.4 is 15.7 Å². The molecule has 3 N–H and O–H groups in total. The number of piperidine rings is 1. The summed E-state index contributed by atoms with van der Waals surface area (Å²) >= 11 is 0. The molecule has 0 aliphatic carbocycles. The molecule has 2 heterocycles. The Bertz CT molecular complexity index is 1360. The molecule has 0 saturated carbocycles. The summed E-state index contributed by atoms with van der Waals surface area (Å²) in [6, 6.07) is 18.7. The Morgan fingerprint density at radius 1 is 0.886 bits per heavy atom. The van der Waals surface area contributed by atoms with Gasteiger partial charge in [0.15, 0.2) is 0 Å². The largest absolute Gasteiger partial charge is 0.508 e. The molecule has 180 valence electrons. The molecule has 0 unspecified atom stereocenters. The van der Waals surface area contributed by atoms with Crippen LogP contribution in [-0.2, 0) is 0 Å². The lowest BCUT2D eigenvalue weighted by Gasteiger charge is -2.26. The van der Waals surface area contributed by atoms with E-state index in [1.54, 1.807) is 24.3 Å². The molecule has 0 radical (unpaired) electrons. The zero-order valence-electron chi connectivity index (χ0n) is 19.4. The molecule has 0 atom stereocenters. The van der Waals surface area contributed by atoms with Crippen molar-refractivity contribution in [1.29, 1.82) is 0 Å². The monoisotopic (exact) mass is 472 g/mol. The van der Waals surface area contributed by atoms with Gasteiger partial charge in [-0.15, -0.1) is 0 Å². The number of benzene rings is 3. The summed E-state index contributed by atoms with van der Waals surface area (Å²) in [4.78, 5) is 15.4. The fourth-order valence-corrected chi connectivity index (χ4v) is 4.46. The molecule has 1 aliphatic rings. The number of hydrogen-bond donors (Lipinski definition) is 3. The van der Waals surface area contributed by atoms with Crippen LogP contribution in [-0.4, -0.2) is 41.4 Å². The highest BCUT2D eigenvalue weighted by molar-refractivity contribution is 6.00. The van der Waals surface area contributed by atoms with Crippen molar-refractivity contribution in [2.45, 2.75) is 19.3 Å². The summed E-state index contributed by atoms with van der Waals surface area (Å²) in [5.74, 6) is 0.901. The third kappa shape index (κ3) is 5.25. The lowest BCUT2D eigenvalue weighted by atomic mass is 10.0. The van der Waals surface area contributed by atoms with Crippen LogP contribution in [0, 0.1) is 0 Å². The molecule has 4 aromatic rings. The first-order valence-corrected chi connectivity index (χ1v) is 11.9. The molecular weight excluding hydrogens is 444 g/mol. The zero-order chi connectivity index (χ0) is 24.2. The van der Waals surface area contributed by atoms with Crippen LogP contribution in [0.2, 0.25) is 0 Å². The number of likely N-dealkylation sites (tertiary alicyclic amines) is 1. The van der Waals surface area contributed by atoms with Gasteiger partial charge in [0.05, 0.1) is 11.3 Å². The van der Waals surface area contributed by atoms with Crippen molar-refractivity contribution >= 4 is 22.3 Å². The Hall–Kier alpha value is -3.97. The highest BCUT2D eigenvalue weighted by Gasteiger charge is 2.18. The highest BCUT2D eigenvalue weighted by atomic mass is 16.5. The highest BCUT2D eigenvalue weighted by Crippen LogP contribution is 2.36. The van der Waals surface area contributed by atoms with Gasteiger partial charge in [0.1, 0.15) is 29.4 Å². The maximum atomic E-state index is 13.0. The van der Waals surface area contributed by atoms with E-state index in [2.05, 4.69) is 10.2 Å². The molecule has 1 aliphatic heterocycles. The van der Waals surface area contributed by atoms with Gasteiger partial charge in [-0.1, -0.05) is 18.6 Å². The Labute approximate surface area is 203 Å². The smallest absolute Gasteiger partial charge is 0.346 e. The third-order valence-corrected chi connectivity index (χ3v) is 6.30. The molecule has 1 saturated heterocycles. The minimum atomic E-state index is -0.547. The molecule has 35 heavy (non-hydrogen) atoms. The fraction of sp³-hybridized carbons (Fsp3) is 0.250. The summed E-state index contributed by atoms with van der Waals surface area (Å²) in [5.41, 5.74) is 2.00. The Morgan fingerprint density at radius 2 is 1.60 bits per heavy atom. The van der Waals surface area contributed by atoms with E-state index < -0.39 is 5.63 Å². The normalized spacial score (nSPS) is 14.2. The van der Waals surface area contributed by atoms with Crippen molar-refractivity contribution in [1.82, 2.24) is 4.90 Å². The average molecular weight is 473 g/mol. The lowest BCUT2D eigenvalue weighted by molar-refractivity contribution is 0.183. The predicted octanol–water partition coefficient (Wildman–Crippen LogP) is 5.48. The van der Waals surface area contributed by atoms with Gasteiger partial charge in [0.2, 0.25) is 0 Å². The molecule has 1 aromatic heterocycles. The Morgan fingerprint density at radius 3 is 2.34 bits per heavy atom. The number of ether oxygens (including phenoxy) is 1. The van der Waals surface area contributed by atoms with E-state index >= 15 is 0 Å². The van der Waals surface area contributed by atoms with Crippen LogP contribution in [0.15, 0.2) is 75.9 Å². The van der Waals surface area contributed by atoms with Gasteiger partial charge in [-0.05, 0) is 80.0 Å². The van der Waals surface area contributed by atoms with E-state index in [-0.39, 0.29) is 17.1 Å². The molecule has 0 amide bonds. The Balaban J connectivity index is 1.41. The second kappa shape index (κ2) is 10.1. The number of nitrogens with zero attached hydrogens (tertiary/aromatic N) is 1. The average Bonchev–Trinajstić information content (AvgIpc) is 2.86. The molecule has 5 rings (SSSR count). The number of nitrogens with one attached hydrogen (secondary N) is 1. The summed E-state index contributed by atoms with van der Waals surface area (Å²) < 4.78 is 11.4. The van der Waals surface area contributed by atoms with Crippen LogP contribution in [0.25, 0.3) is 22.1 Å². The van der Waals surface area contributed by atoms with E-state index in [4.69, 9.17) is 9.15 Å². The van der Waals surface area contributed by atoms with Crippen molar-refractivity contribution in [3.8, 4) is 28.4 Å². The van der Waals surface area contributed by atoms with E-state index in [0.717, 1.165) is 31.1 Å². The first-order valence-electron chi connectivity index (χ1n) is 11.9. The van der Waals surface area contributed by atoms with E-state index in [0.29, 0.717) is 28.8 Å². The van der Waals surface area contributed by atoms with Gasteiger partial charge < -0.3 is 24.7 Å². The number of phenolic OH excluding ortho intramolecular Hbond substituents is 2. The van der Waals surface area contributed by atoms with Crippen molar-refractivity contribution < 1.29 is 19.4 Å². The van der Waals surface area contributed by atoms with E-state index in [1.165, 1.54) is 37.5 Å². The van der Waals surface area contributed by atoms with Crippen molar-refractivity contribution in [3.63, 3.8) is 0 Å². The quantitative estimate of drug-likeness (QED) is 0.307. The molecular formula is C28H28N2O5. The second-order valence-electron chi connectivity index (χ2n) is 8.77. The summed E-state index contributed by atoms with van der Waals surface area (Å²) in [6.45, 7) is 3.86. The SMILES string of the molecule is O=c1oc2cc(O)ccc2c(Nc2ccc(OCCN3CCCCC3)cc2)c1-c1ccc(O)cc1. The van der Waals surface area contributed by atoms with Crippen LogP contribution in [0.1, 0.15) is 19.3 Å². The van der Waals surface area contributed by atoms with Crippen LogP contribution in [0.5, 0.6) is 17.2 Å². The van der Waals surface area contributed by atoms with Gasteiger partial charge in [-0.3, -0.25) is 4.90 Å². The fourth-order valence-electron chi connectivity index (χ4n) is 4.46. The molecule has 3 aromatic carbocycles. The molecule has 7 nitrogen and oxygen atoms in total. The number of rotatable bonds is 7.